The summed E-state index contributed by atoms with van der Waals surface area (Å²) in [6.45, 7) is 2.84. The van der Waals surface area contributed by atoms with E-state index in [0.717, 1.165) is 42.2 Å². The van der Waals surface area contributed by atoms with Crippen LogP contribution in [0.5, 0.6) is 0 Å². The van der Waals surface area contributed by atoms with Crippen molar-refractivity contribution in [1.29, 1.82) is 0 Å². The van der Waals surface area contributed by atoms with Crippen LogP contribution in [0.4, 0.5) is 5.69 Å². The minimum absolute atomic E-state index is 0.238. The van der Waals surface area contributed by atoms with Gasteiger partial charge in [-0.1, -0.05) is 18.2 Å². The zero-order valence-corrected chi connectivity index (χ0v) is 12.4. The first kappa shape index (κ1) is 13.3. The summed E-state index contributed by atoms with van der Waals surface area (Å²) in [5.74, 6) is 0.238. The molecule has 0 bridgehead atoms. The van der Waals surface area contributed by atoms with Gasteiger partial charge >= 0.3 is 0 Å². The number of rotatable bonds is 4. The van der Waals surface area contributed by atoms with Crippen molar-refractivity contribution in [3.05, 3.63) is 45.9 Å². The number of thiazole rings is 1. The lowest BCUT2D eigenvalue weighted by Crippen LogP contribution is -2.28. The minimum Gasteiger partial charge on any atom is -0.312 e. The molecule has 2 aromatic rings. The maximum atomic E-state index is 12.3. The van der Waals surface area contributed by atoms with Crippen LogP contribution in [0, 0.1) is 6.92 Å². The first-order chi connectivity index (χ1) is 9.74. The fourth-order valence-electron chi connectivity index (χ4n) is 2.68. The Labute approximate surface area is 123 Å². The predicted octanol–water partition coefficient (Wildman–Crippen LogP) is 3.36. The van der Waals surface area contributed by atoms with Crippen LogP contribution in [0.2, 0.25) is 0 Å². The Morgan fingerprint density at radius 2 is 2.25 bits per heavy atom. The number of amides is 1. The van der Waals surface area contributed by atoms with Crippen LogP contribution < -0.4 is 4.90 Å². The molecule has 3 nitrogen and oxygen atoms in total. The van der Waals surface area contributed by atoms with Crippen molar-refractivity contribution in [3.63, 3.8) is 0 Å². The first-order valence-electron chi connectivity index (χ1n) is 7.03. The van der Waals surface area contributed by atoms with Crippen LogP contribution in [-0.2, 0) is 17.6 Å². The van der Waals surface area contributed by atoms with E-state index in [0.29, 0.717) is 6.42 Å². The van der Waals surface area contributed by atoms with Gasteiger partial charge in [-0.15, -0.1) is 11.3 Å². The normalized spacial score (nSPS) is 13.6. The van der Waals surface area contributed by atoms with Crippen LogP contribution in [0.15, 0.2) is 29.6 Å². The summed E-state index contributed by atoms with van der Waals surface area (Å²) in [5, 5.41) is 3.19. The third-order valence-electron chi connectivity index (χ3n) is 3.68. The molecule has 0 radical (unpaired) electrons. The van der Waals surface area contributed by atoms with Crippen molar-refractivity contribution in [2.75, 3.05) is 11.4 Å². The molecule has 1 amide bonds. The molecule has 1 aromatic carbocycles. The number of anilines is 1. The average Bonchev–Trinajstić information content (AvgIpc) is 3.05. The second-order valence-corrected chi connectivity index (χ2v) is 6.20. The quantitative estimate of drug-likeness (QED) is 0.863. The number of fused-ring (bicyclic) bond motifs is 1. The highest BCUT2D eigenvalue weighted by Crippen LogP contribution is 2.28. The highest BCUT2D eigenvalue weighted by Gasteiger charge is 2.23. The van der Waals surface area contributed by atoms with E-state index in [-0.39, 0.29) is 5.91 Å². The van der Waals surface area contributed by atoms with E-state index in [1.165, 1.54) is 5.56 Å². The number of benzene rings is 1. The van der Waals surface area contributed by atoms with Crippen molar-refractivity contribution in [2.24, 2.45) is 0 Å². The van der Waals surface area contributed by atoms with Crippen molar-refractivity contribution in [2.45, 2.75) is 32.6 Å². The average molecular weight is 286 g/mol. The lowest BCUT2D eigenvalue weighted by Gasteiger charge is -2.17. The van der Waals surface area contributed by atoms with Crippen LogP contribution in [0.25, 0.3) is 0 Å². The van der Waals surface area contributed by atoms with E-state index < -0.39 is 0 Å². The van der Waals surface area contributed by atoms with Crippen molar-refractivity contribution >= 4 is 22.9 Å². The second-order valence-electron chi connectivity index (χ2n) is 5.14. The molecule has 1 aliphatic rings. The van der Waals surface area contributed by atoms with Crippen molar-refractivity contribution < 1.29 is 4.79 Å². The fourth-order valence-corrected chi connectivity index (χ4v) is 3.32. The maximum absolute atomic E-state index is 12.3. The highest BCUT2D eigenvalue weighted by molar-refractivity contribution is 7.09. The van der Waals surface area contributed by atoms with Crippen LogP contribution in [0.1, 0.15) is 29.1 Å². The lowest BCUT2D eigenvalue weighted by atomic mass is 10.1. The molecule has 0 spiro atoms. The van der Waals surface area contributed by atoms with Gasteiger partial charge in [0, 0.05) is 24.0 Å². The van der Waals surface area contributed by atoms with Gasteiger partial charge in [0.25, 0.3) is 0 Å². The Morgan fingerprint density at radius 3 is 3.05 bits per heavy atom. The van der Waals surface area contributed by atoms with Gasteiger partial charge in [0.1, 0.15) is 0 Å². The third kappa shape index (κ3) is 2.75. The molecule has 0 aliphatic carbocycles. The fraction of sp³-hybridized carbons (Fsp3) is 0.375. The Kier molecular flexibility index (Phi) is 3.83. The predicted molar refractivity (Wildman–Crippen MR) is 82.3 cm³/mol. The largest absolute Gasteiger partial charge is 0.312 e. The van der Waals surface area contributed by atoms with Gasteiger partial charge in [-0.05, 0) is 37.8 Å². The molecule has 4 heteroatoms. The molecule has 20 heavy (non-hydrogen) atoms. The number of hydrogen-bond acceptors (Lipinski definition) is 3. The Bertz CT molecular complexity index is 620. The summed E-state index contributed by atoms with van der Waals surface area (Å²) in [6, 6.07) is 8.20. The summed E-state index contributed by atoms with van der Waals surface area (Å²) in [4.78, 5) is 18.7. The smallest absolute Gasteiger partial charge is 0.227 e. The molecule has 104 valence electrons. The molecule has 0 atom stereocenters. The molecule has 0 saturated carbocycles. The van der Waals surface area contributed by atoms with Gasteiger partial charge in [0.2, 0.25) is 5.91 Å². The van der Waals surface area contributed by atoms with Gasteiger partial charge in [-0.3, -0.25) is 4.79 Å². The lowest BCUT2D eigenvalue weighted by molar-refractivity contribution is -0.118. The molecule has 1 aliphatic heterocycles. The number of aryl methyl sites for hydroxylation is 2. The van der Waals surface area contributed by atoms with Gasteiger partial charge in [0.05, 0.1) is 10.7 Å². The van der Waals surface area contributed by atoms with E-state index in [1.807, 2.05) is 30.0 Å². The third-order valence-corrected chi connectivity index (χ3v) is 4.50. The van der Waals surface area contributed by atoms with Gasteiger partial charge < -0.3 is 4.90 Å². The van der Waals surface area contributed by atoms with Gasteiger partial charge in [-0.25, -0.2) is 4.98 Å². The molecule has 0 fully saturated rings. The van der Waals surface area contributed by atoms with Crippen LogP contribution in [0.3, 0.4) is 0 Å². The summed E-state index contributed by atoms with van der Waals surface area (Å²) < 4.78 is 0. The van der Waals surface area contributed by atoms with E-state index in [9.17, 15) is 4.79 Å². The molecular formula is C16H18N2OS. The van der Waals surface area contributed by atoms with Crippen molar-refractivity contribution in [3.8, 4) is 0 Å². The van der Waals surface area contributed by atoms with Crippen molar-refractivity contribution in [1.82, 2.24) is 4.98 Å². The molecule has 0 unspecified atom stereocenters. The molecular weight excluding hydrogens is 268 g/mol. The molecule has 3 rings (SSSR count). The van der Waals surface area contributed by atoms with Crippen LogP contribution in [-0.4, -0.2) is 17.4 Å². The molecule has 2 heterocycles. The van der Waals surface area contributed by atoms with E-state index in [2.05, 4.69) is 16.4 Å². The highest BCUT2D eigenvalue weighted by atomic mass is 32.1. The standard InChI is InChI=1S/C16H18N2OS/c1-12-17-14(11-20-12)6-4-8-16(19)18-10-9-13-5-2-3-7-15(13)18/h2-3,5,7,11H,4,6,8-10H2,1H3. The van der Waals surface area contributed by atoms with E-state index >= 15 is 0 Å². The Balaban J connectivity index is 1.55. The van der Waals surface area contributed by atoms with Gasteiger partial charge in [0.15, 0.2) is 0 Å². The minimum atomic E-state index is 0.238. The Hall–Kier alpha value is -1.68. The van der Waals surface area contributed by atoms with Crippen LogP contribution >= 0.6 is 11.3 Å². The number of carbonyl (C=O) groups excluding carboxylic acids is 1. The number of carbonyl (C=O) groups is 1. The number of aromatic nitrogens is 1. The zero-order chi connectivity index (χ0) is 13.9. The topological polar surface area (TPSA) is 33.2 Å². The summed E-state index contributed by atoms with van der Waals surface area (Å²) in [5.41, 5.74) is 3.50. The zero-order valence-electron chi connectivity index (χ0n) is 11.6. The van der Waals surface area contributed by atoms with E-state index in [4.69, 9.17) is 0 Å². The first-order valence-corrected chi connectivity index (χ1v) is 7.91. The number of para-hydroxylation sites is 1. The summed E-state index contributed by atoms with van der Waals surface area (Å²) in [7, 11) is 0. The maximum Gasteiger partial charge on any atom is 0.227 e. The second kappa shape index (κ2) is 5.75. The number of hydrogen-bond donors (Lipinski definition) is 0. The number of nitrogens with zero attached hydrogens (tertiary/aromatic N) is 2. The molecule has 0 N–H and O–H groups in total. The monoisotopic (exact) mass is 286 g/mol. The molecule has 0 saturated heterocycles. The van der Waals surface area contributed by atoms with E-state index in [1.54, 1.807) is 11.3 Å². The summed E-state index contributed by atoms with van der Waals surface area (Å²) in [6.07, 6.45) is 3.35. The Morgan fingerprint density at radius 1 is 1.40 bits per heavy atom. The summed E-state index contributed by atoms with van der Waals surface area (Å²) >= 11 is 1.67. The van der Waals surface area contributed by atoms with Gasteiger partial charge in [-0.2, -0.15) is 0 Å². The SMILES string of the molecule is Cc1nc(CCCC(=O)N2CCc3ccccc32)cs1. The molecule has 1 aromatic heterocycles.